The molecule has 0 spiro atoms. The van der Waals surface area contributed by atoms with Crippen molar-refractivity contribution in [1.29, 1.82) is 0 Å². The summed E-state index contributed by atoms with van der Waals surface area (Å²) in [5.74, 6) is -1.92. The average Bonchev–Trinajstić information content (AvgIpc) is 2.27. The molecule has 0 aromatic carbocycles. The van der Waals surface area contributed by atoms with Crippen LogP contribution in [-0.2, 0) is 11.0 Å². The van der Waals surface area contributed by atoms with Crippen LogP contribution in [0.2, 0.25) is 0 Å². The summed E-state index contributed by atoms with van der Waals surface area (Å²) in [5.41, 5.74) is -1.05. The van der Waals surface area contributed by atoms with Gasteiger partial charge in [-0.3, -0.25) is 4.79 Å². The van der Waals surface area contributed by atoms with E-state index in [0.717, 1.165) is 12.3 Å². The van der Waals surface area contributed by atoms with E-state index in [2.05, 4.69) is 9.97 Å². The fraction of sp³-hybridized carbons (Fsp3) is 0.500. The molecule has 0 saturated heterocycles. The maximum atomic E-state index is 12.4. The van der Waals surface area contributed by atoms with Gasteiger partial charge in [0.25, 0.3) is 0 Å². The summed E-state index contributed by atoms with van der Waals surface area (Å²) in [6.07, 6.45) is -3.55. The quantitative estimate of drug-likeness (QED) is 0.894. The van der Waals surface area contributed by atoms with Crippen molar-refractivity contribution in [3.8, 4) is 0 Å². The van der Waals surface area contributed by atoms with E-state index in [0.29, 0.717) is 0 Å². The van der Waals surface area contributed by atoms with Crippen LogP contribution in [0.3, 0.4) is 0 Å². The first-order valence-electron chi connectivity index (χ1n) is 5.06. The zero-order valence-electron chi connectivity index (χ0n) is 9.77. The summed E-state index contributed by atoms with van der Waals surface area (Å²) in [6.45, 7) is 1.48. The van der Waals surface area contributed by atoms with Crippen LogP contribution in [0.25, 0.3) is 0 Å². The molecule has 1 aromatic rings. The third kappa shape index (κ3) is 3.57. The van der Waals surface area contributed by atoms with Crippen molar-refractivity contribution in [2.45, 2.75) is 13.1 Å². The lowest BCUT2D eigenvalue weighted by Crippen LogP contribution is -2.30. The van der Waals surface area contributed by atoms with Crippen molar-refractivity contribution < 1.29 is 23.1 Å². The van der Waals surface area contributed by atoms with Crippen molar-refractivity contribution >= 4 is 11.9 Å². The molecule has 0 fully saturated rings. The molecule has 18 heavy (non-hydrogen) atoms. The van der Waals surface area contributed by atoms with Crippen LogP contribution >= 0.6 is 0 Å². The van der Waals surface area contributed by atoms with E-state index in [9.17, 15) is 18.0 Å². The van der Waals surface area contributed by atoms with E-state index >= 15 is 0 Å². The minimum Gasteiger partial charge on any atom is -0.481 e. The minimum atomic E-state index is -4.54. The first-order chi connectivity index (χ1) is 8.21. The molecule has 0 saturated carbocycles. The van der Waals surface area contributed by atoms with Crippen molar-refractivity contribution in [1.82, 2.24) is 9.97 Å². The van der Waals surface area contributed by atoms with Crippen LogP contribution in [-0.4, -0.2) is 34.6 Å². The van der Waals surface area contributed by atoms with Crippen LogP contribution < -0.4 is 4.90 Å². The van der Waals surface area contributed by atoms with Gasteiger partial charge in [-0.1, -0.05) is 6.92 Å². The number of nitrogens with zero attached hydrogens (tertiary/aromatic N) is 3. The van der Waals surface area contributed by atoms with Gasteiger partial charge in [0.05, 0.1) is 5.92 Å². The lowest BCUT2D eigenvalue weighted by Gasteiger charge is -2.19. The van der Waals surface area contributed by atoms with E-state index < -0.39 is 23.8 Å². The van der Waals surface area contributed by atoms with Gasteiger partial charge in [0, 0.05) is 19.8 Å². The van der Waals surface area contributed by atoms with Gasteiger partial charge in [-0.05, 0) is 6.07 Å². The molecule has 0 aliphatic heterocycles. The molecular formula is C10H12F3N3O2. The highest BCUT2D eigenvalue weighted by molar-refractivity contribution is 5.70. The molecule has 0 amide bonds. The second kappa shape index (κ2) is 5.19. The average molecular weight is 263 g/mol. The monoisotopic (exact) mass is 263 g/mol. The number of carboxylic acid groups (broad SMARTS) is 1. The third-order valence-corrected chi connectivity index (χ3v) is 2.24. The Labute approximate surface area is 101 Å². The Kier molecular flexibility index (Phi) is 4.10. The molecule has 5 nitrogen and oxygen atoms in total. The van der Waals surface area contributed by atoms with E-state index in [1.807, 2.05) is 0 Å². The normalized spacial score (nSPS) is 13.2. The summed E-state index contributed by atoms with van der Waals surface area (Å²) >= 11 is 0. The number of anilines is 1. The summed E-state index contributed by atoms with van der Waals surface area (Å²) in [5, 5.41) is 8.71. The summed E-state index contributed by atoms with van der Waals surface area (Å²) in [7, 11) is 1.44. The molecule has 1 N–H and O–H groups in total. The highest BCUT2D eigenvalue weighted by atomic mass is 19.4. The molecule has 1 rings (SSSR count). The van der Waals surface area contributed by atoms with Crippen molar-refractivity contribution in [2.75, 3.05) is 18.5 Å². The second-order valence-corrected chi connectivity index (χ2v) is 3.86. The Morgan fingerprint density at radius 2 is 2.17 bits per heavy atom. The Morgan fingerprint density at radius 3 is 2.67 bits per heavy atom. The van der Waals surface area contributed by atoms with Gasteiger partial charge < -0.3 is 10.0 Å². The topological polar surface area (TPSA) is 66.3 Å². The maximum absolute atomic E-state index is 12.4. The van der Waals surface area contributed by atoms with Crippen LogP contribution in [0.5, 0.6) is 0 Å². The zero-order valence-corrected chi connectivity index (χ0v) is 9.77. The number of halogens is 3. The molecular weight excluding hydrogens is 251 g/mol. The number of carbonyl (C=O) groups is 1. The molecule has 0 bridgehead atoms. The van der Waals surface area contributed by atoms with E-state index in [4.69, 9.17) is 5.11 Å². The lowest BCUT2D eigenvalue weighted by atomic mass is 10.2. The molecule has 1 unspecified atom stereocenters. The number of rotatable bonds is 4. The van der Waals surface area contributed by atoms with Crippen LogP contribution in [0.15, 0.2) is 12.3 Å². The number of aliphatic carboxylic acids is 1. The predicted octanol–water partition coefficient (Wildman–Crippen LogP) is 1.65. The fourth-order valence-corrected chi connectivity index (χ4v) is 1.26. The Balaban J connectivity index is 2.87. The van der Waals surface area contributed by atoms with Gasteiger partial charge in [-0.2, -0.15) is 13.2 Å². The van der Waals surface area contributed by atoms with Gasteiger partial charge in [-0.15, -0.1) is 0 Å². The fourth-order valence-electron chi connectivity index (χ4n) is 1.26. The molecule has 1 aromatic heterocycles. The second-order valence-electron chi connectivity index (χ2n) is 3.86. The van der Waals surface area contributed by atoms with Crippen molar-refractivity contribution in [2.24, 2.45) is 5.92 Å². The highest BCUT2D eigenvalue weighted by Gasteiger charge is 2.33. The summed E-state index contributed by atoms with van der Waals surface area (Å²) < 4.78 is 37.3. The van der Waals surface area contributed by atoms with E-state index in [-0.39, 0.29) is 12.5 Å². The molecule has 0 radical (unpaired) electrons. The molecule has 1 heterocycles. The molecule has 1 atom stereocenters. The number of alkyl halides is 3. The van der Waals surface area contributed by atoms with Gasteiger partial charge in [-0.25, -0.2) is 9.97 Å². The van der Waals surface area contributed by atoms with Crippen LogP contribution in [0.4, 0.5) is 19.1 Å². The zero-order chi connectivity index (χ0) is 13.9. The smallest absolute Gasteiger partial charge is 0.433 e. The Morgan fingerprint density at radius 1 is 1.56 bits per heavy atom. The highest BCUT2D eigenvalue weighted by Crippen LogP contribution is 2.27. The lowest BCUT2D eigenvalue weighted by molar-refractivity contribution is -0.142. The van der Waals surface area contributed by atoms with Gasteiger partial charge in [0.2, 0.25) is 5.95 Å². The van der Waals surface area contributed by atoms with Crippen LogP contribution in [0, 0.1) is 5.92 Å². The predicted molar refractivity (Wildman–Crippen MR) is 57.1 cm³/mol. The Hall–Kier alpha value is -1.86. The Bertz CT molecular complexity index is 437. The van der Waals surface area contributed by atoms with E-state index in [1.54, 1.807) is 0 Å². The SMILES string of the molecule is CC(CN(C)c1nccc(C(F)(F)F)n1)C(=O)O. The van der Waals surface area contributed by atoms with Gasteiger partial charge in [0.15, 0.2) is 0 Å². The van der Waals surface area contributed by atoms with Crippen LogP contribution in [0.1, 0.15) is 12.6 Å². The molecule has 0 aliphatic carbocycles. The summed E-state index contributed by atoms with van der Waals surface area (Å²) in [4.78, 5) is 19.0. The largest absolute Gasteiger partial charge is 0.481 e. The number of carboxylic acids is 1. The van der Waals surface area contributed by atoms with Gasteiger partial charge in [0.1, 0.15) is 5.69 Å². The standard InChI is InChI=1S/C10H12F3N3O2/c1-6(8(17)18)5-16(2)9-14-4-3-7(15-9)10(11,12)13/h3-4,6H,5H2,1-2H3,(H,17,18). The van der Waals surface area contributed by atoms with Crippen molar-refractivity contribution in [3.63, 3.8) is 0 Å². The van der Waals surface area contributed by atoms with Crippen molar-refractivity contribution in [3.05, 3.63) is 18.0 Å². The first kappa shape index (κ1) is 14.2. The minimum absolute atomic E-state index is 0.0244. The van der Waals surface area contributed by atoms with Gasteiger partial charge >= 0.3 is 12.1 Å². The molecule has 100 valence electrons. The number of aromatic nitrogens is 2. The first-order valence-corrected chi connectivity index (χ1v) is 5.06. The molecule has 0 aliphatic rings. The molecule has 8 heteroatoms. The third-order valence-electron chi connectivity index (χ3n) is 2.24. The summed E-state index contributed by atoms with van der Waals surface area (Å²) in [6, 6.07) is 0.762. The number of hydrogen-bond acceptors (Lipinski definition) is 4. The number of hydrogen-bond donors (Lipinski definition) is 1. The maximum Gasteiger partial charge on any atom is 0.433 e. The van der Waals surface area contributed by atoms with E-state index in [1.165, 1.54) is 18.9 Å².